The largest absolute Gasteiger partial charge is 0.308 e. The lowest BCUT2D eigenvalue weighted by atomic mass is 10.1. The summed E-state index contributed by atoms with van der Waals surface area (Å²) < 4.78 is 2.09. The zero-order valence-corrected chi connectivity index (χ0v) is 13.1. The first kappa shape index (κ1) is 13.5. The summed E-state index contributed by atoms with van der Waals surface area (Å²) in [6, 6.07) is 2.73. The highest BCUT2D eigenvalue weighted by Gasteiger charge is 2.12. The summed E-state index contributed by atoms with van der Waals surface area (Å²) in [4.78, 5) is 4.43. The Morgan fingerprint density at radius 1 is 1.18 bits per heavy atom. The Balaban J connectivity index is 1.88. The lowest BCUT2D eigenvalue weighted by Crippen LogP contribution is -2.28. The maximum absolute atomic E-state index is 4.43. The maximum Gasteiger partial charge on any atom is 0.0684 e. The average Bonchev–Trinajstić information content (AvgIpc) is 2.56. The fourth-order valence-corrected chi connectivity index (χ4v) is 3.43. The van der Waals surface area contributed by atoms with Gasteiger partial charge in [-0.3, -0.25) is 4.98 Å². The minimum Gasteiger partial charge on any atom is -0.308 e. The van der Waals surface area contributed by atoms with Crippen LogP contribution >= 0.6 is 31.9 Å². The number of rotatable bonds is 3. The molecule has 17 heavy (non-hydrogen) atoms. The van der Waals surface area contributed by atoms with E-state index < -0.39 is 0 Å². The summed E-state index contributed by atoms with van der Waals surface area (Å²) in [6.07, 6.45) is 10.0. The fraction of sp³-hybridized carbons (Fsp3) is 0.615. The molecule has 1 aliphatic carbocycles. The number of hydrogen-bond acceptors (Lipinski definition) is 2. The number of nitrogens with zero attached hydrogens (tertiary/aromatic N) is 1. The molecule has 1 heterocycles. The topological polar surface area (TPSA) is 24.9 Å². The SMILES string of the molecule is Brc1cnc(CNC2CCCCCC2)c(Br)c1. The highest BCUT2D eigenvalue weighted by atomic mass is 79.9. The van der Waals surface area contributed by atoms with Crippen LogP contribution < -0.4 is 5.32 Å². The first-order valence-electron chi connectivity index (χ1n) is 6.29. The molecule has 0 bridgehead atoms. The molecule has 1 aromatic heterocycles. The van der Waals surface area contributed by atoms with Crippen molar-refractivity contribution in [3.05, 3.63) is 26.9 Å². The first-order chi connectivity index (χ1) is 8.25. The molecule has 1 fully saturated rings. The van der Waals surface area contributed by atoms with Crippen molar-refractivity contribution in [1.82, 2.24) is 10.3 Å². The van der Waals surface area contributed by atoms with Gasteiger partial charge in [-0.25, -0.2) is 0 Å². The van der Waals surface area contributed by atoms with Gasteiger partial charge in [0, 0.05) is 27.7 Å². The predicted molar refractivity (Wildman–Crippen MR) is 78.0 cm³/mol. The molecule has 0 unspecified atom stereocenters. The Labute approximate surface area is 120 Å². The van der Waals surface area contributed by atoms with Crippen LogP contribution in [0, 0.1) is 0 Å². The van der Waals surface area contributed by atoms with E-state index in [1.165, 1.54) is 38.5 Å². The predicted octanol–water partition coefficient (Wildman–Crippen LogP) is 4.42. The average molecular weight is 362 g/mol. The van der Waals surface area contributed by atoms with E-state index in [-0.39, 0.29) is 0 Å². The molecule has 2 rings (SSSR count). The highest BCUT2D eigenvalue weighted by molar-refractivity contribution is 9.11. The van der Waals surface area contributed by atoms with Crippen LogP contribution in [-0.4, -0.2) is 11.0 Å². The fourth-order valence-electron chi connectivity index (χ4n) is 2.30. The van der Waals surface area contributed by atoms with Gasteiger partial charge in [-0.1, -0.05) is 25.7 Å². The minimum absolute atomic E-state index is 0.676. The van der Waals surface area contributed by atoms with Gasteiger partial charge in [0.25, 0.3) is 0 Å². The summed E-state index contributed by atoms with van der Waals surface area (Å²) in [5, 5.41) is 3.63. The van der Waals surface area contributed by atoms with Crippen molar-refractivity contribution in [2.75, 3.05) is 0 Å². The lowest BCUT2D eigenvalue weighted by Gasteiger charge is -2.16. The van der Waals surface area contributed by atoms with Crippen LogP contribution in [0.25, 0.3) is 0 Å². The van der Waals surface area contributed by atoms with Gasteiger partial charge in [0.2, 0.25) is 0 Å². The number of pyridine rings is 1. The van der Waals surface area contributed by atoms with Crippen molar-refractivity contribution in [2.45, 2.75) is 51.1 Å². The quantitative estimate of drug-likeness (QED) is 0.806. The van der Waals surface area contributed by atoms with E-state index in [2.05, 4.69) is 48.2 Å². The molecule has 0 spiro atoms. The van der Waals surface area contributed by atoms with E-state index in [0.717, 1.165) is 21.2 Å². The normalized spacial score (nSPS) is 18.0. The number of halogens is 2. The zero-order valence-electron chi connectivity index (χ0n) is 9.88. The van der Waals surface area contributed by atoms with Gasteiger partial charge >= 0.3 is 0 Å². The van der Waals surface area contributed by atoms with Crippen LogP contribution in [0.4, 0.5) is 0 Å². The third kappa shape index (κ3) is 4.34. The molecule has 0 radical (unpaired) electrons. The molecule has 2 nitrogen and oxygen atoms in total. The van der Waals surface area contributed by atoms with E-state index >= 15 is 0 Å². The molecule has 1 saturated carbocycles. The third-order valence-corrected chi connectivity index (χ3v) is 4.42. The molecule has 0 atom stereocenters. The second kappa shape index (κ2) is 6.86. The van der Waals surface area contributed by atoms with E-state index in [1.807, 2.05) is 6.20 Å². The van der Waals surface area contributed by atoms with Crippen molar-refractivity contribution in [1.29, 1.82) is 0 Å². The Bertz CT molecular complexity index is 360. The van der Waals surface area contributed by atoms with Gasteiger partial charge in [-0.05, 0) is 50.8 Å². The monoisotopic (exact) mass is 360 g/mol. The Morgan fingerprint density at radius 3 is 2.53 bits per heavy atom. The molecule has 0 saturated heterocycles. The van der Waals surface area contributed by atoms with Crippen molar-refractivity contribution in [3.8, 4) is 0 Å². The molecule has 0 amide bonds. The second-order valence-electron chi connectivity index (χ2n) is 4.65. The van der Waals surface area contributed by atoms with Gasteiger partial charge < -0.3 is 5.32 Å². The first-order valence-corrected chi connectivity index (χ1v) is 7.87. The molecule has 4 heteroatoms. The molecule has 0 aliphatic heterocycles. The van der Waals surface area contributed by atoms with Crippen molar-refractivity contribution < 1.29 is 0 Å². The summed E-state index contributed by atoms with van der Waals surface area (Å²) >= 11 is 6.98. The van der Waals surface area contributed by atoms with Crippen molar-refractivity contribution >= 4 is 31.9 Å². The summed E-state index contributed by atoms with van der Waals surface area (Å²) in [5.74, 6) is 0. The number of aromatic nitrogens is 1. The molecular formula is C13H18Br2N2. The van der Waals surface area contributed by atoms with Gasteiger partial charge in [-0.2, -0.15) is 0 Å². The summed E-state index contributed by atoms with van der Waals surface area (Å²) in [7, 11) is 0. The van der Waals surface area contributed by atoms with Crippen LogP contribution in [0.3, 0.4) is 0 Å². The molecular weight excluding hydrogens is 344 g/mol. The van der Waals surface area contributed by atoms with E-state index in [0.29, 0.717) is 6.04 Å². The summed E-state index contributed by atoms with van der Waals surface area (Å²) in [6.45, 7) is 0.860. The van der Waals surface area contributed by atoms with E-state index in [4.69, 9.17) is 0 Å². The number of nitrogens with one attached hydrogen (secondary N) is 1. The molecule has 0 aromatic carbocycles. The molecule has 1 aliphatic rings. The zero-order chi connectivity index (χ0) is 12.1. The van der Waals surface area contributed by atoms with E-state index in [1.54, 1.807) is 0 Å². The van der Waals surface area contributed by atoms with Crippen LogP contribution in [0.15, 0.2) is 21.2 Å². The third-order valence-electron chi connectivity index (χ3n) is 3.30. The van der Waals surface area contributed by atoms with Crippen molar-refractivity contribution in [3.63, 3.8) is 0 Å². The lowest BCUT2D eigenvalue weighted by molar-refractivity contribution is 0.455. The van der Waals surface area contributed by atoms with Crippen LogP contribution in [0.1, 0.15) is 44.2 Å². The van der Waals surface area contributed by atoms with Gasteiger partial charge in [-0.15, -0.1) is 0 Å². The minimum atomic E-state index is 0.676. The van der Waals surface area contributed by atoms with Crippen LogP contribution in [-0.2, 0) is 6.54 Å². The maximum atomic E-state index is 4.43. The Morgan fingerprint density at radius 2 is 1.88 bits per heavy atom. The second-order valence-corrected chi connectivity index (χ2v) is 6.42. The van der Waals surface area contributed by atoms with Gasteiger partial charge in [0.05, 0.1) is 5.69 Å². The molecule has 94 valence electrons. The van der Waals surface area contributed by atoms with E-state index in [9.17, 15) is 0 Å². The van der Waals surface area contributed by atoms with Crippen LogP contribution in [0.5, 0.6) is 0 Å². The smallest absolute Gasteiger partial charge is 0.0684 e. The van der Waals surface area contributed by atoms with Crippen molar-refractivity contribution in [2.24, 2.45) is 0 Å². The standard InChI is InChI=1S/C13H18Br2N2/c14-10-7-12(15)13(17-8-10)9-16-11-5-3-1-2-4-6-11/h7-8,11,16H,1-6,9H2. The number of hydrogen-bond donors (Lipinski definition) is 1. The Kier molecular flexibility index (Phi) is 5.45. The van der Waals surface area contributed by atoms with Gasteiger partial charge in [0.15, 0.2) is 0 Å². The molecule has 1 N–H and O–H groups in total. The molecule has 1 aromatic rings. The van der Waals surface area contributed by atoms with Crippen LogP contribution in [0.2, 0.25) is 0 Å². The summed E-state index contributed by atoms with van der Waals surface area (Å²) in [5.41, 5.74) is 1.09. The van der Waals surface area contributed by atoms with Gasteiger partial charge in [0.1, 0.15) is 0 Å². The highest BCUT2D eigenvalue weighted by Crippen LogP contribution is 2.21. The Hall–Kier alpha value is 0.0700.